The molecular formula is C27H36O12. The maximum atomic E-state index is 10.9. The van der Waals surface area contributed by atoms with Gasteiger partial charge in [-0.25, -0.2) is 0 Å². The van der Waals surface area contributed by atoms with Crippen molar-refractivity contribution in [1.29, 1.82) is 0 Å². The quantitative estimate of drug-likeness (QED) is 0.218. The first-order chi connectivity index (χ1) is 18.7. The summed E-state index contributed by atoms with van der Waals surface area (Å²) in [4.78, 5) is 0. The van der Waals surface area contributed by atoms with Gasteiger partial charge in [0.05, 0.1) is 34.5 Å². The number of hydrogen-bond acceptors (Lipinski definition) is 12. The summed E-state index contributed by atoms with van der Waals surface area (Å²) >= 11 is 0. The first kappa shape index (κ1) is 29.2. The summed E-state index contributed by atoms with van der Waals surface area (Å²) in [7, 11) is 4.26. The van der Waals surface area contributed by atoms with Crippen molar-refractivity contribution in [3.63, 3.8) is 0 Å². The molecule has 2 aliphatic rings. The van der Waals surface area contributed by atoms with Crippen molar-refractivity contribution in [2.24, 2.45) is 11.8 Å². The minimum atomic E-state index is -1.61. The van der Waals surface area contributed by atoms with E-state index in [-0.39, 0.29) is 47.9 Å². The molecule has 0 amide bonds. The Morgan fingerprint density at radius 2 is 1.59 bits per heavy atom. The second-order valence-electron chi connectivity index (χ2n) is 9.78. The fourth-order valence-corrected chi connectivity index (χ4v) is 5.63. The molecule has 0 radical (unpaired) electrons. The molecule has 2 aromatic rings. The van der Waals surface area contributed by atoms with Crippen molar-refractivity contribution >= 4 is 0 Å². The molecule has 216 valence electrons. The van der Waals surface area contributed by atoms with Crippen molar-refractivity contribution in [3.8, 4) is 28.7 Å². The van der Waals surface area contributed by atoms with Gasteiger partial charge in [-0.1, -0.05) is 6.07 Å². The number of aliphatic hydroxyl groups excluding tert-OH is 5. The molecular weight excluding hydrogens is 516 g/mol. The van der Waals surface area contributed by atoms with Gasteiger partial charge in [0.2, 0.25) is 5.75 Å². The molecule has 0 bridgehead atoms. The SMILES string of the molecule is COc1cc(C2c3c(cc(OC)c(O)c3OC)CC(CO)C2COC2OC(CO)C(O)C(O)C2O)ccc1O. The van der Waals surface area contributed by atoms with Crippen LogP contribution in [0.2, 0.25) is 0 Å². The van der Waals surface area contributed by atoms with E-state index in [0.29, 0.717) is 17.5 Å². The summed E-state index contributed by atoms with van der Waals surface area (Å²) in [5.41, 5.74) is 2.05. The predicted octanol–water partition coefficient (Wildman–Crippen LogP) is -0.147. The fraction of sp³-hybridized carbons (Fsp3) is 0.556. The van der Waals surface area contributed by atoms with Gasteiger partial charge < -0.3 is 59.4 Å². The molecule has 1 aliphatic heterocycles. The zero-order valence-electron chi connectivity index (χ0n) is 21.9. The van der Waals surface area contributed by atoms with E-state index < -0.39 is 49.1 Å². The molecule has 0 saturated carbocycles. The van der Waals surface area contributed by atoms with Crippen LogP contribution in [0.15, 0.2) is 24.3 Å². The van der Waals surface area contributed by atoms with E-state index in [9.17, 15) is 35.7 Å². The summed E-state index contributed by atoms with van der Waals surface area (Å²) in [6.45, 7) is -0.939. The van der Waals surface area contributed by atoms with Crippen LogP contribution in [0, 0.1) is 11.8 Å². The largest absolute Gasteiger partial charge is 0.504 e. The number of benzene rings is 2. The van der Waals surface area contributed by atoms with Crippen LogP contribution >= 0.6 is 0 Å². The van der Waals surface area contributed by atoms with Gasteiger partial charge in [-0.2, -0.15) is 0 Å². The average Bonchev–Trinajstić information content (AvgIpc) is 2.95. The maximum Gasteiger partial charge on any atom is 0.201 e. The molecule has 12 nitrogen and oxygen atoms in total. The van der Waals surface area contributed by atoms with Crippen LogP contribution in [-0.4, -0.2) is 108 Å². The number of ether oxygens (including phenoxy) is 5. The van der Waals surface area contributed by atoms with Crippen molar-refractivity contribution < 1.29 is 59.4 Å². The number of fused-ring (bicyclic) bond motifs is 1. The molecule has 39 heavy (non-hydrogen) atoms. The van der Waals surface area contributed by atoms with Crippen LogP contribution in [-0.2, 0) is 15.9 Å². The van der Waals surface area contributed by atoms with Crippen LogP contribution in [0.5, 0.6) is 28.7 Å². The molecule has 1 aliphatic carbocycles. The number of aromatic hydroxyl groups is 2. The first-order valence-electron chi connectivity index (χ1n) is 12.6. The van der Waals surface area contributed by atoms with E-state index >= 15 is 0 Å². The Kier molecular flexibility index (Phi) is 9.07. The number of aliphatic hydroxyl groups is 5. The lowest BCUT2D eigenvalue weighted by Gasteiger charge is -2.43. The number of hydrogen-bond donors (Lipinski definition) is 7. The highest BCUT2D eigenvalue weighted by atomic mass is 16.7. The lowest BCUT2D eigenvalue weighted by Crippen LogP contribution is -2.59. The number of methoxy groups -OCH3 is 3. The maximum absolute atomic E-state index is 10.9. The van der Waals surface area contributed by atoms with Gasteiger partial charge in [-0.3, -0.25) is 0 Å². The topological polar surface area (TPSA) is 188 Å². The van der Waals surface area contributed by atoms with Crippen molar-refractivity contribution in [2.45, 2.75) is 43.0 Å². The van der Waals surface area contributed by atoms with Crippen LogP contribution in [0.4, 0.5) is 0 Å². The highest BCUT2D eigenvalue weighted by Gasteiger charge is 2.46. The van der Waals surface area contributed by atoms with Crippen molar-refractivity contribution in [3.05, 3.63) is 41.0 Å². The van der Waals surface area contributed by atoms with Gasteiger partial charge in [0.25, 0.3) is 0 Å². The lowest BCUT2D eigenvalue weighted by atomic mass is 9.66. The third-order valence-corrected chi connectivity index (χ3v) is 7.69. The normalized spacial score (nSPS) is 30.5. The standard InChI is InChI=1S/C27H36O12/c1-35-17-7-12(4-5-16(17)30)20-15(11-38-27-25(34)24(33)22(31)19(10-29)39-27)14(9-28)6-13-8-18(36-2)23(32)26(37-3)21(13)20/h4-5,7-8,14-15,19-20,22,24-25,27-34H,6,9-11H2,1-3H3. The molecule has 0 aromatic heterocycles. The molecule has 1 heterocycles. The predicted molar refractivity (Wildman–Crippen MR) is 135 cm³/mol. The summed E-state index contributed by atoms with van der Waals surface area (Å²) in [5, 5.41) is 71.9. The second kappa shape index (κ2) is 12.1. The summed E-state index contributed by atoms with van der Waals surface area (Å²) < 4.78 is 27.8. The molecule has 1 saturated heterocycles. The number of rotatable bonds is 9. The van der Waals surface area contributed by atoms with E-state index in [1.165, 1.54) is 27.4 Å². The van der Waals surface area contributed by atoms with Crippen LogP contribution < -0.4 is 14.2 Å². The molecule has 8 atom stereocenters. The third-order valence-electron chi connectivity index (χ3n) is 7.69. The smallest absolute Gasteiger partial charge is 0.201 e. The van der Waals surface area contributed by atoms with E-state index in [1.54, 1.807) is 18.2 Å². The number of phenols is 2. The summed E-state index contributed by atoms with van der Waals surface area (Å²) in [6, 6.07) is 6.50. The number of phenolic OH excluding ortho intramolecular Hbond substituents is 2. The highest BCUT2D eigenvalue weighted by molar-refractivity contribution is 5.62. The van der Waals surface area contributed by atoms with Crippen molar-refractivity contribution in [1.82, 2.24) is 0 Å². The summed E-state index contributed by atoms with van der Waals surface area (Å²) in [5.74, 6) is -1.13. The lowest BCUT2D eigenvalue weighted by molar-refractivity contribution is -0.304. The monoisotopic (exact) mass is 552 g/mol. The summed E-state index contributed by atoms with van der Waals surface area (Å²) in [6.07, 6.45) is -6.88. The fourth-order valence-electron chi connectivity index (χ4n) is 5.63. The zero-order chi connectivity index (χ0) is 28.4. The van der Waals surface area contributed by atoms with E-state index in [4.69, 9.17) is 23.7 Å². The van der Waals surface area contributed by atoms with Gasteiger partial charge >= 0.3 is 0 Å². The van der Waals surface area contributed by atoms with E-state index in [1.807, 2.05) is 0 Å². The minimum absolute atomic E-state index is 0.0744. The van der Waals surface area contributed by atoms with Gasteiger partial charge in [-0.15, -0.1) is 0 Å². The second-order valence-corrected chi connectivity index (χ2v) is 9.78. The van der Waals surface area contributed by atoms with Crippen LogP contribution in [0.1, 0.15) is 22.6 Å². The average molecular weight is 553 g/mol. The Labute approximate surface area is 225 Å². The molecule has 1 fully saturated rings. The Hall–Kier alpha value is -2.84. The third kappa shape index (κ3) is 5.33. The van der Waals surface area contributed by atoms with Gasteiger partial charge in [0.1, 0.15) is 24.4 Å². The first-order valence-corrected chi connectivity index (χ1v) is 12.6. The Morgan fingerprint density at radius 1 is 0.872 bits per heavy atom. The highest BCUT2D eigenvalue weighted by Crippen LogP contribution is 2.53. The molecule has 0 spiro atoms. The molecule has 7 N–H and O–H groups in total. The van der Waals surface area contributed by atoms with Gasteiger partial charge in [0, 0.05) is 18.1 Å². The van der Waals surface area contributed by atoms with Gasteiger partial charge in [-0.05, 0) is 47.6 Å². The molecule has 12 heteroatoms. The molecule has 8 unspecified atom stereocenters. The zero-order valence-corrected chi connectivity index (χ0v) is 21.9. The Bertz CT molecular complexity index is 1140. The molecule has 2 aromatic carbocycles. The van der Waals surface area contributed by atoms with Gasteiger partial charge in [0.15, 0.2) is 29.3 Å². The van der Waals surface area contributed by atoms with E-state index in [2.05, 4.69) is 0 Å². The Morgan fingerprint density at radius 3 is 2.21 bits per heavy atom. The van der Waals surface area contributed by atoms with Crippen LogP contribution in [0.3, 0.4) is 0 Å². The Balaban J connectivity index is 1.80. The van der Waals surface area contributed by atoms with Crippen LogP contribution in [0.25, 0.3) is 0 Å². The minimum Gasteiger partial charge on any atom is -0.504 e. The van der Waals surface area contributed by atoms with Crippen molar-refractivity contribution in [2.75, 3.05) is 41.2 Å². The van der Waals surface area contributed by atoms with E-state index in [0.717, 1.165) is 5.56 Å². The molecule has 4 rings (SSSR count).